The highest BCUT2D eigenvalue weighted by molar-refractivity contribution is 6.06. The van der Waals surface area contributed by atoms with Gasteiger partial charge in [0.2, 0.25) is 0 Å². The molecule has 0 aliphatic carbocycles. The van der Waals surface area contributed by atoms with Gasteiger partial charge in [-0.1, -0.05) is 32.0 Å². The Morgan fingerprint density at radius 2 is 1.86 bits per heavy atom. The van der Waals surface area contributed by atoms with Gasteiger partial charge in [0.1, 0.15) is 0 Å². The smallest absolute Gasteiger partial charge is 0.252 e. The van der Waals surface area contributed by atoms with Crippen molar-refractivity contribution in [3.8, 4) is 0 Å². The summed E-state index contributed by atoms with van der Waals surface area (Å²) in [4.78, 5) is 17.0. The fourth-order valence-corrected chi connectivity index (χ4v) is 2.04. The van der Waals surface area contributed by atoms with Crippen LogP contribution in [0.25, 0.3) is 10.9 Å². The standard InChI is InChI=1S/C16H21N3O.2ClH/c1-10(2)15-8-13(16(20)18-11(3)9-17)12-6-4-5-7-14(12)19-15;;/h4-8,10-11H,9,17H2,1-3H3,(H,18,20);2*1H/t11-;;/m0../s1. The molecule has 0 aliphatic rings. The van der Waals surface area contributed by atoms with Crippen molar-refractivity contribution in [3.63, 3.8) is 0 Å². The van der Waals surface area contributed by atoms with Crippen molar-refractivity contribution in [1.29, 1.82) is 0 Å². The molecule has 0 spiro atoms. The molecule has 1 amide bonds. The summed E-state index contributed by atoms with van der Waals surface area (Å²) in [7, 11) is 0. The molecule has 0 unspecified atom stereocenters. The number of benzene rings is 1. The van der Waals surface area contributed by atoms with Crippen molar-refractivity contribution >= 4 is 41.6 Å². The first-order valence-electron chi connectivity index (χ1n) is 6.93. The summed E-state index contributed by atoms with van der Waals surface area (Å²) >= 11 is 0. The van der Waals surface area contributed by atoms with E-state index in [1.807, 2.05) is 37.3 Å². The number of aromatic nitrogens is 1. The quantitative estimate of drug-likeness (QED) is 0.894. The van der Waals surface area contributed by atoms with E-state index in [9.17, 15) is 4.79 Å². The average Bonchev–Trinajstić information content (AvgIpc) is 2.45. The zero-order valence-corrected chi connectivity index (χ0v) is 14.6. The zero-order valence-electron chi connectivity index (χ0n) is 13.0. The second-order valence-corrected chi connectivity index (χ2v) is 5.38. The largest absolute Gasteiger partial charge is 0.348 e. The van der Waals surface area contributed by atoms with Crippen molar-refractivity contribution in [1.82, 2.24) is 10.3 Å². The number of carbonyl (C=O) groups is 1. The summed E-state index contributed by atoms with van der Waals surface area (Å²) < 4.78 is 0. The molecule has 122 valence electrons. The number of nitrogens with two attached hydrogens (primary N) is 1. The summed E-state index contributed by atoms with van der Waals surface area (Å²) in [5.74, 6) is 0.182. The molecule has 0 fully saturated rings. The second kappa shape index (κ2) is 8.93. The number of nitrogens with zero attached hydrogens (tertiary/aromatic N) is 1. The fourth-order valence-electron chi connectivity index (χ4n) is 2.04. The Kier molecular flexibility index (Phi) is 8.38. The molecule has 1 aromatic carbocycles. The van der Waals surface area contributed by atoms with Crippen molar-refractivity contribution < 1.29 is 4.79 Å². The SMILES string of the molecule is CC(C)c1cc(C(=O)N[C@@H](C)CN)c2ccccc2n1.Cl.Cl. The number of pyridine rings is 1. The maximum absolute atomic E-state index is 12.4. The van der Waals surface area contributed by atoms with Gasteiger partial charge < -0.3 is 11.1 Å². The molecule has 3 N–H and O–H groups in total. The number of hydrogen-bond acceptors (Lipinski definition) is 3. The Morgan fingerprint density at radius 3 is 2.45 bits per heavy atom. The Balaban J connectivity index is 0.00000220. The van der Waals surface area contributed by atoms with E-state index >= 15 is 0 Å². The third-order valence-corrected chi connectivity index (χ3v) is 3.30. The van der Waals surface area contributed by atoms with Crippen LogP contribution in [0.4, 0.5) is 0 Å². The molecule has 0 aliphatic heterocycles. The molecule has 0 bridgehead atoms. The van der Waals surface area contributed by atoms with Crippen molar-refractivity contribution in [3.05, 3.63) is 41.6 Å². The molecule has 1 aromatic heterocycles. The molecular formula is C16H23Cl2N3O. The van der Waals surface area contributed by atoms with Crippen LogP contribution in [-0.4, -0.2) is 23.5 Å². The number of halogens is 2. The van der Waals surface area contributed by atoms with Crippen molar-refractivity contribution in [2.45, 2.75) is 32.7 Å². The number of hydrogen-bond donors (Lipinski definition) is 2. The van der Waals surface area contributed by atoms with Gasteiger partial charge in [0.25, 0.3) is 5.91 Å². The average molecular weight is 344 g/mol. The molecule has 4 nitrogen and oxygen atoms in total. The Morgan fingerprint density at radius 1 is 1.23 bits per heavy atom. The molecule has 2 rings (SSSR count). The summed E-state index contributed by atoms with van der Waals surface area (Å²) in [5.41, 5.74) is 8.00. The van der Waals surface area contributed by atoms with Gasteiger partial charge in [-0.15, -0.1) is 24.8 Å². The van der Waals surface area contributed by atoms with Gasteiger partial charge in [0, 0.05) is 23.7 Å². The van der Waals surface area contributed by atoms with Crippen LogP contribution in [0.5, 0.6) is 0 Å². The predicted octanol–water partition coefficient (Wildman–Crippen LogP) is 3.28. The number of carbonyl (C=O) groups excluding carboxylic acids is 1. The lowest BCUT2D eigenvalue weighted by Crippen LogP contribution is -2.37. The number of rotatable bonds is 4. The number of para-hydroxylation sites is 1. The normalized spacial score (nSPS) is 11.5. The van der Waals surface area contributed by atoms with E-state index in [-0.39, 0.29) is 42.7 Å². The third kappa shape index (κ3) is 4.57. The van der Waals surface area contributed by atoms with Gasteiger partial charge >= 0.3 is 0 Å². The highest BCUT2D eigenvalue weighted by Crippen LogP contribution is 2.22. The highest BCUT2D eigenvalue weighted by atomic mass is 35.5. The number of fused-ring (bicyclic) bond motifs is 1. The first kappa shape index (κ1) is 20.6. The van der Waals surface area contributed by atoms with Crippen LogP contribution in [-0.2, 0) is 0 Å². The van der Waals surface area contributed by atoms with E-state index in [4.69, 9.17) is 5.73 Å². The Hall–Kier alpha value is -1.36. The van der Waals surface area contributed by atoms with E-state index in [2.05, 4.69) is 24.1 Å². The number of nitrogens with one attached hydrogen (secondary N) is 1. The zero-order chi connectivity index (χ0) is 14.7. The van der Waals surface area contributed by atoms with Gasteiger partial charge in [-0.2, -0.15) is 0 Å². The second-order valence-electron chi connectivity index (χ2n) is 5.38. The third-order valence-electron chi connectivity index (χ3n) is 3.30. The Bertz CT molecular complexity index is 632. The Labute approximate surface area is 143 Å². The molecule has 1 heterocycles. The molecule has 0 saturated carbocycles. The van der Waals surface area contributed by atoms with Crippen molar-refractivity contribution in [2.75, 3.05) is 6.54 Å². The van der Waals surface area contributed by atoms with Crippen molar-refractivity contribution in [2.24, 2.45) is 5.73 Å². The van der Waals surface area contributed by atoms with E-state index in [1.54, 1.807) is 0 Å². The molecule has 1 atom stereocenters. The van der Waals surface area contributed by atoms with Crippen LogP contribution in [0.1, 0.15) is 42.7 Å². The summed E-state index contributed by atoms with van der Waals surface area (Å²) in [6.07, 6.45) is 0. The molecule has 22 heavy (non-hydrogen) atoms. The van der Waals surface area contributed by atoms with Crippen LogP contribution in [0, 0.1) is 0 Å². The van der Waals surface area contributed by atoms with Crippen LogP contribution >= 0.6 is 24.8 Å². The highest BCUT2D eigenvalue weighted by Gasteiger charge is 2.15. The first-order valence-corrected chi connectivity index (χ1v) is 6.93. The van der Waals surface area contributed by atoms with Gasteiger partial charge in [-0.05, 0) is 25.0 Å². The van der Waals surface area contributed by atoms with Gasteiger partial charge in [-0.3, -0.25) is 9.78 Å². The topological polar surface area (TPSA) is 68.0 Å². The van der Waals surface area contributed by atoms with Crippen LogP contribution in [0.2, 0.25) is 0 Å². The minimum absolute atomic E-state index is 0. The van der Waals surface area contributed by atoms with Crippen LogP contribution < -0.4 is 11.1 Å². The lowest BCUT2D eigenvalue weighted by atomic mass is 10.0. The van der Waals surface area contributed by atoms with Gasteiger partial charge in [0.05, 0.1) is 11.1 Å². The summed E-state index contributed by atoms with van der Waals surface area (Å²) in [6.45, 7) is 6.46. The minimum Gasteiger partial charge on any atom is -0.348 e. The minimum atomic E-state index is -0.0940. The monoisotopic (exact) mass is 343 g/mol. The fraction of sp³-hybridized carbons (Fsp3) is 0.375. The maximum Gasteiger partial charge on any atom is 0.252 e. The van der Waals surface area contributed by atoms with Gasteiger partial charge in [-0.25, -0.2) is 0 Å². The number of amides is 1. The van der Waals surface area contributed by atoms with E-state index in [0.717, 1.165) is 16.6 Å². The molecule has 0 saturated heterocycles. The van der Waals surface area contributed by atoms with E-state index in [0.29, 0.717) is 12.1 Å². The lowest BCUT2D eigenvalue weighted by Gasteiger charge is -2.14. The summed E-state index contributed by atoms with van der Waals surface area (Å²) in [6, 6.07) is 9.55. The molecule has 6 heteroatoms. The maximum atomic E-state index is 12.4. The molecule has 0 radical (unpaired) electrons. The van der Waals surface area contributed by atoms with Crippen LogP contribution in [0.15, 0.2) is 30.3 Å². The molecular weight excluding hydrogens is 321 g/mol. The van der Waals surface area contributed by atoms with E-state index in [1.165, 1.54) is 0 Å². The summed E-state index contributed by atoms with van der Waals surface area (Å²) in [5, 5.41) is 3.79. The van der Waals surface area contributed by atoms with E-state index < -0.39 is 0 Å². The van der Waals surface area contributed by atoms with Gasteiger partial charge in [0.15, 0.2) is 0 Å². The van der Waals surface area contributed by atoms with Crippen LogP contribution in [0.3, 0.4) is 0 Å². The lowest BCUT2D eigenvalue weighted by molar-refractivity contribution is 0.0943. The molecule has 2 aromatic rings. The predicted molar refractivity (Wildman–Crippen MR) is 96.3 cm³/mol. The first-order chi connectivity index (χ1) is 9.52.